The van der Waals surface area contributed by atoms with Crippen LogP contribution in [0.4, 0.5) is 0 Å². The molecule has 0 aliphatic carbocycles. The second-order valence-corrected chi connectivity index (χ2v) is 4.82. The summed E-state index contributed by atoms with van der Waals surface area (Å²) >= 11 is 3.60. The molecule has 1 atom stereocenters. The molecule has 0 radical (unpaired) electrons. The lowest BCUT2D eigenvalue weighted by Crippen LogP contribution is -2.17. The number of nitrogens with two attached hydrogens (primary N) is 1. The minimum absolute atomic E-state index is 0.147. The topological polar surface area (TPSA) is 43.8 Å². The first-order chi connectivity index (χ1) is 8.15. The molecule has 4 heteroatoms. The van der Waals surface area contributed by atoms with Crippen LogP contribution in [0.15, 0.2) is 34.9 Å². The third-order valence-corrected chi connectivity index (χ3v) is 4.01. The summed E-state index contributed by atoms with van der Waals surface area (Å²) in [5, 5.41) is 4.25. The van der Waals surface area contributed by atoms with Gasteiger partial charge in [-0.3, -0.25) is 4.68 Å². The van der Waals surface area contributed by atoms with E-state index in [0.29, 0.717) is 0 Å². The first-order valence-corrected chi connectivity index (χ1v) is 6.46. The molecule has 3 nitrogen and oxygen atoms in total. The largest absolute Gasteiger partial charge is 0.319 e. The average Bonchev–Trinajstić information content (AvgIpc) is 2.80. The Morgan fingerprint density at radius 2 is 2.18 bits per heavy atom. The summed E-state index contributed by atoms with van der Waals surface area (Å²) in [4.78, 5) is 0. The Balaban J connectivity index is 2.44. The summed E-state index contributed by atoms with van der Waals surface area (Å²) in [6, 6.07) is 7.98. The molecule has 1 heterocycles. The predicted octanol–water partition coefficient (Wildman–Crippen LogP) is 3.02. The Morgan fingerprint density at radius 3 is 2.88 bits per heavy atom. The normalized spacial score (nSPS) is 12.7. The molecule has 0 spiro atoms. The lowest BCUT2D eigenvalue weighted by molar-refractivity contribution is 0.600. The molecule has 0 saturated heterocycles. The highest BCUT2D eigenvalue weighted by Crippen LogP contribution is 2.29. The van der Waals surface area contributed by atoms with E-state index in [1.165, 1.54) is 5.56 Å². The van der Waals surface area contributed by atoms with E-state index in [4.69, 9.17) is 5.73 Å². The van der Waals surface area contributed by atoms with E-state index in [1.807, 2.05) is 16.8 Å². The van der Waals surface area contributed by atoms with Crippen molar-refractivity contribution in [3.05, 3.63) is 51.8 Å². The van der Waals surface area contributed by atoms with Gasteiger partial charge in [-0.05, 0) is 31.0 Å². The number of nitrogens with zero attached hydrogens (tertiary/aromatic N) is 2. The zero-order valence-electron chi connectivity index (χ0n) is 10.0. The maximum atomic E-state index is 6.32. The molecular formula is C13H16BrN3. The standard InChI is InChI=1S/C13H16BrN3/c1-3-17-11(7-8-16-17)13(15)10-6-4-5-9(2)12(10)14/h4-8,13H,3,15H2,1-2H3. The van der Waals surface area contributed by atoms with Crippen LogP contribution in [-0.2, 0) is 6.54 Å². The SMILES string of the molecule is CCn1nccc1C(N)c1cccc(C)c1Br. The number of halogens is 1. The van der Waals surface area contributed by atoms with Crippen molar-refractivity contribution in [3.8, 4) is 0 Å². The van der Waals surface area contributed by atoms with Gasteiger partial charge in [-0.1, -0.05) is 34.1 Å². The van der Waals surface area contributed by atoms with Crippen molar-refractivity contribution in [2.75, 3.05) is 0 Å². The van der Waals surface area contributed by atoms with Gasteiger partial charge in [-0.2, -0.15) is 5.10 Å². The number of aryl methyl sites for hydroxylation is 2. The molecule has 2 aromatic rings. The monoisotopic (exact) mass is 293 g/mol. The van der Waals surface area contributed by atoms with Crippen molar-refractivity contribution in [1.82, 2.24) is 9.78 Å². The van der Waals surface area contributed by atoms with E-state index < -0.39 is 0 Å². The van der Waals surface area contributed by atoms with Gasteiger partial charge < -0.3 is 5.73 Å². The van der Waals surface area contributed by atoms with Gasteiger partial charge in [-0.25, -0.2) is 0 Å². The highest BCUT2D eigenvalue weighted by Gasteiger charge is 2.16. The summed E-state index contributed by atoms with van der Waals surface area (Å²) in [6.45, 7) is 4.96. The summed E-state index contributed by atoms with van der Waals surface area (Å²) in [6.07, 6.45) is 1.79. The smallest absolute Gasteiger partial charge is 0.0734 e. The Hall–Kier alpha value is -1.13. The van der Waals surface area contributed by atoms with Crippen molar-refractivity contribution < 1.29 is 0 Å². The Morgan fingerprint density at radius 1 is 1.41 bits per heavy atom. The van der Waals surface area contributed by atoms with E-state index >= 15 is 0 Å². The maximum Gasteiger partial charge on any atom is 0.0734 e. The molecule has 0 fully saturated rings. The van der Waals surface area contributed by atoms with E-state index in [9.17, 15) is 0 Å². The van der Waals surface area contributed by atoms with Gasteiger partial charge in [0.2, 0.25) is 0 Å². The van der Waals surface area contributed by atoms with Crippen LogP contribution in [0, 0.1) is 6.92 Å². The summed E-state index contributed by atoms with van der Waals surface area (Å²) in [5.74, 6) is 0. The molecule has 0 saturated carbocycles. The van der Waals surface area contributed by atoms with Crippen LogP contribution >= 0.6 is 15.9 Å². The fraction of sp³-hybridized carbons (Fsp3) is 0.308. The molecule has 1 unspecified atom stereocenters. The zero-order chi connectivity index (χ0) is 12.4. The van der Waals surface area contributed by atoms with Crippen molar-refractivity contribution in [3.63, 3.8) is 0 Å². The molecule has 17 heavy (non-hydrogen) atoms. The Bertz CT molecular complexity index is 519. The lowest BCUT2D eigenvalue weighted by atomic mass is 10.0. The van der Waals surface area contributed by atoms with Gasteiger partial charge in [-0.15, -0.1) is 0 Å². The molecule has 2 N–H and O–H groups in total. The summed E-state index contributed by atoms with van der Waals surface area (Å²) in [5.41, 5.74) is 9.65. The van der Waals surface area contributed by atoms with Crippen molar-refractivity contribution in [1.29, 1.82) is 0 Å². The third kappa shape index (κ3) is 2.28. The van der Waals surface area contributed by atoms with E-state index in [2.05, 4.69) is 47.0 Å². The molecule has 0 amide bonds. The van der Waals surface area contributed by atoms with Crippen LogP contribution in [0.5, 0.6) is 0 Å². The molecule has 90 valence electrons. The number of hydrogen-bond acceptors (Lipinski definition) is 2. The van der Waals surface area contributed by atoms with E-state index in [0.717, 1.165) is 22.3 Å². The first kappa shape index (κ1) is 12.3. The van der Waals surface area contributed by atoms with Crippen LogP contribution < -0.4 is 5.73 Å². The molecule has 2 rings (SSSR count). The predicted molar refractivity (Wildman–Crippen MR) is 72.8 cm³/mol. The first-order valence-electron chi connectivity index (χ1n) is 5.67. The molecule has 1 aromatic carbocycles. The van der Waals surface area contributed by atoms with E-state index in [-0.39, 0.29) is 6.04 Å². The van der Waals surface area contributed by atoms with Crippen LogP contribution in [0.3, 0.4) is 0 Å². The minimum Gasteiger partial charge on any atom is -0.319 e. The fourth-order valence-electron chi connectivity index (χ4n) is 1.94. The summed E-state index contributed by atoms with van der Waals surface area (Å²) in [7, 11) is 0. The second kappa shape index (κ2) is 5.02. The van der Waals surface area contributed by atoms with Gasteiger partial charge in [0.15, 0.2) is 0 Å². The maximum absolute atomic E-state index is 6.32. The molecule has 1 aromatic heterocycles. The quantitative estimate of drug-likeness (QED) is 0.945. The zero-order valence-corrected chi connectivity index (χ0v) is 11.6. The van der Waals surface area contributed by atoms with Crippen LogP contribution in [0.25, 0.3) is 0 Å². The van der Waals surface area contributed by atoms with Gasteiger partial charge in [0, 0.05) is 17.2 Å². The second-order valence-electron chi connectivity index (χ2n) is 4.03. The number of benzene rings is 1. The third-order valence-electron chi connectivity index (χ3n) is 2.92. The highest BCUT2D eigenvalue weighted by atomic mass is 79.9. The Labute approximate surface area is 110 Å². The number of aromatic nitrogens is 2. The van der Waals surface area contributed by atoms with Gasteiger partial charge in [0.1, 0.15) is 0 Å². The van der Waals surface area contributed by atoms with Gasteiger partial charge >= 0.3 is 0 Å². The molecule has 0 aliphatic heterocycles. The Kier molecular flexibility index (Phi) is 3.64. The number of rotatable bonds is 3. The molecule has 0 aliphatic rings. The highest BCUT2D eigenvalue weighted by molar-refractivity contribution is 9.10. The summed E-state index contributed by atoms with van der Waals surface area (Å²) < 4.78 is 3.01. The van der Waals surface area contributed by atoms with Crippen LogP contribution in [-0.4, -0.2) is 9.78 Å². The number of hydrogen-bond donors (Lipinski definition) is 1. The molecular weight excluding hydrogens is 278 g/mol. The molecule has 0 bridgehead atoms. The van der Waals surface area contributed by atoms with Gasteiger partial charge in [0.05, 0.1) is 11.7 Å². The van der Waals surface area contributed by atoms with Crippen molar-refractivity contribution in [2.24, 2.45) is 5.73 Å². The van der Waals surface area contributed by atoms with E-state index in [1.54, 1.807) is 6.20 Å². The van der Waals surface area contributed by atoms with Crippen LogP contribution in [0.2, 0.25) is 0 Å². The minimum atomic E-state index is -0.147. The van der Waals surface area contributed by atoms with Crippen molar-refractivity contribution in [2.45, 2.75) is 26.4 Å². The average molecular weight is 294 g/mol. The van der Waals surface area contributed by atoms with Crippen LogP contribution in [0.1, 0.15) is 29.8 Å². The van der Waals surface area contributed by atoms with Gasteiger partial charge in [0.25, 0.3) is 0 Å². The van der Waals surface area contributed by atoms with Crippen molar-refractivity contribution >= 4 is 15.9 Å². The fourth-order valence-corrected chi connectivity index (χ4v) is 2.45. The lowest BCUT2D eigenvalue weighted by Gasteiger charge is -2.16.